The molecule has 0 aliphatic rings. The molecule has 0 heterocycles. The number of benzene rings is 1. The summed E-state index contributed by atoms with van der Waals surface area (Å²) in [4.78, 5) is 2.10. The first kappa shape index (κ1) is 15.1. The predicted octanol–water partition coefficient (Wildman–Crippen LogP) is 2.96. The van der Waals surface area contributed by atoms with Crippen molar-refractivity contribution in [3.8, 4) is 0 Å². The van der Waals surface area contributed by atoms with Crippen molar-refractivity contribution >= 4 is 0 Å². The number of hydrogen-bond donors (Lipinski definition) is 1. The van der Waals surface area contributed by atoms with Crippen LogP contribution in [0.4, 0.5) is 8.78 Å². The number of halogens is 2. The van der Waals surface area contributed by atoms with Crippen LogP contribution in [0.1, 0.15) is 31.9 Å². The minimum absolute atomic E-state index is 0.196. The molecule has 0 aliphatic heterocycles. The molecule has 0 aromatic heterocycles. The van der Waals surface area contributed by atoms with Gasteiger partial charge in [-0.05, 0) is 59.1 Å². The second kappa shape index (κ2) is 6.81. The molecule has 1 aromatic carbocycles. The summed E-state index contributed by atoms with van der Waals surface area (Å²) in [7, 11) is 4.03. The maximum absolute atomic E-state index is 13.6. The summed E-state index contributed by atoms with van der Waals surface area (Å²) in [5.41, 5.74) is 0.381. The van der Waals surface area contributed by atoms with Gasteiger partial charge in [0.1, 0.15) is 11.6 Å². The van der Waals surface area contributed by atoms with Gasteiger partial charge in [0.2, 0.25) is 0 Å². The molecule has 2 atom stereocenters. The van der Waals surface area contributed by atoms with Gasteiger partial charge >= 0.3 is 0 Å². The second-order valence-corrected chi connectivity index (χ2v) is 5.05. The molecule has 1 N–H and O–H groups in total. The number of nitrogens with one attached hydrogen (secondary N) is 1. The molecular weight excluding hydrogens is 234 g/mol. The number of rotatable bonds is 6. The predicted molar refractivity (Wildman–Crippen MR) is 70.5 cm³/mol. The van der Waals surface area contributed by atoms with Crippen molar-refractivity contribution in [3.63, 3.8) is 0 Å². The van der Waals surface area contributed by atoms with Crippen LogP contribution in [0.25, 0.3) is 0 Å². The Kier molecular flexibility index (Phi) is 5.69. The monoisotopic (exact) mass is 256 g/mol. The fraction of sp³-hybridized carbons (Fsp3) is 0.571. The third-order valence-corrected chi connectivity index (χ3v) is 2.97. The third kappa shape index (κ3) is 4.70. The molecule has 1 rings (SSSR count). The van der Waals surface area contributed by atoms with Crippen LogP contribution < -0.4 is 5.32 Å². The van der Waals surface area contributed by atoms with Crippen molar-refractivity contribution in [1.82, 2.24) is 10.2 Å². The summed E-state index contributed by atoms with van der Waals surface area (Å²) >= 11 is 0. The van der Waals surface area contributed by atoms with Crippen LogP contribution >= 0.6 is 0 Å². The first-order valence-corrected chi connectivity index (χ1v) is 6.26. The summed E-state index contributed by atoms with van der Waals surface area (Å²) in [6.45, 7) is 4.87. The van der Waals surface area contributed by atoms with Crippen LogP contribution in [0.2, 0.25) is 0 Å². The molecule has 18 heavy (non-hydrogen) atoms. The minimum Gasteiger partial charge on any atom is -0.309 e. The molecule has 4 heteroatoms. The summed E-state index contributed by atoms with van der Waals surface area (Å²) in [5.74, 6) is -0.766. The Bertz CT molecular complexity index is 380. The highest BCUT2D eigenvalue weighted by Crippen LogP contribution is 2.18. The standard InChI is InChI=1S/C14H22F2N2/c1-10(7-8-18(3)4)17-11(2)13-9-12(15)5-6-14(13)16/h5-6,9-11,17H,7-8H2,1-4H3. The molecule has 0 radical (unpaired) electrons. The zero-order valence-electron chi connectivity index (χ0n) is 11.5. The van der Waals surface area contributed by atoms with E-state index >= 15 is 0 Å². The number of nitrogens with zero attached hydrogens (tertiary/aromatic N) is 1. The van der Waals surface area contributed by atoms with Crippen molar-refractivity contribution < 1.29 is 8.78 Å². The summed E-state index contributed by atoms with van der Waals surface area (Å²) < 4.78 is 26.7. The lowest BCUT2D eigenvalue weighted by Crippen LogP contribution is -2.32. The van der Waals surface area contributed by atoms with Crippen molar-refractivity contribution in [2.24, 2.45) is 0 Å². The second-order valence-electron chi connectivity index (χ2n) is 5.05. The molecule has 0 amide bonds. The highest BCUT2D eigenvalue weighted by Gasteiger charge is 2.14. The highest BCUT2D eigenvalue weighted by atomic mass is 19.1. The van der Waals surface area contributed by atoms with E-state index in [1.807, 2.05) is 21.0 Å². The van der Waals surface area contributed by atoms with E-state index in [-0.39, 0.29) is 17.9 Å². The van der Waals surface area contributed by atoms with E-state index in [0.29, 0.717) is 5.56 Å². The largest absolute Gasteiger partial charge is 0.309 e. The van der Waals surface area contributed by atoms with E-state index in [2.05, 4.69) is 17.1 Å². The lowest BCUT2D eigenvalue weighted by Gasteiger charge is -2.22. The lowest BCUT2D eigenvalue weighted by atomic mass is 10.1. The van der Waals surface area contributed by atoms with E-state index in [0.717, 1.165) is 19.0 Å². The Labute approximate surface area is 108 Å². The van der Waals surface area contributed by atoms with E-state index in [1.165, 1.54) is 12.1 Å². The average Bonchev–Trinajstić information content (AvgIpc) is 2.29. The van der Waals surface area contributed by atoms with Crippen molar-refractivity contribution in [1.29, 1.82) is 0 Å². The van der Waals surface area contributed by atoms with Crippen LogP contribution in [0.5, 0.6) is 0 Å². The Hall–Kier alpha value is -1.00. The van der Waals surface area contributed by atoms with Gasteiger partial charge in [0, 0.05) is 17.6 Å². The van der Waals surface area contributed by atoms with Crippen molar-refractivity contribution in [3.05, 3.63) is 35.4 Å². The molecular formula is C14H22F2N2. The highest BCUT2D eigenvalue weighted by molar-refractivity contribution is 5.21. The van der Waals surface area contributed by atoms with E-state index in [4.69, 9.17) is 0 Å². The SMILES string of the molecule is CC(CCN(C)C)NC(C)c1cc(F)ccc1F. The molecule has 0 bridgehead atoms. The molecule has 102 valence electrons. The van der Waals surface area contributed by atoms with Crippen LogP contribution in [0.15, 0.2) is 18.2 Å². The molecule has 0 saturated carbocycles. The molecule has 0 fully saturated rings. The van der Waals surface area contributed by atoms with Gasteiger partial charge in [-0.25, -0.2) is 8.78 Å². The molecule has 0 spiro atoms. The zero-order chi connectivity index (χ0) is 13.7. The third-order valence-electron chi connectivity index (χ3n) is 2.97. The van der Waals surface area contributed by atoms with Gasteiger partial charge in [-0.1, -0.05) is 0 Å². The van der Waals surface area contributed by atoms with Crippen molar-refractivity contribution in [2.45, 2.75) is 32.4 Å². The Balaban J connectivity index is 2.58. The van der Waals surface area contributed by atoms with Gasteiger partial charge in [-0.15, -0.1) is 0 Å². The smallest absolute Gasteiger partial charge is 0.128 e. The summed E-state index contributed by atoms with van der Waals surface area (Å²) in [6.07, 6.45) is 0.967. The summed E-state index contributed by atoms with van der Waals surface area (Å²) in [6, 6.07) is 3.63. The fourth-order valence-electron chi connectivity index (χ4n) is 1.90. The van der Waals surface area contributed by atoms with Gasteiger partial charge < -0.3 is 10.2 Å². The molecule has 0 saturated heterocycles. The molecule has 2 nitrogen and oxygen atoms in total. The molecule has 0 aliphatic carbocycles. The van der Waals surface area contributed by atoms with Gasteiger partial charge in [0.25, 0.3) is 0 Å². The van der Waals surface area contributed by atoms with Gasteiger partial charge in [0.05, 0.1) is 0 Å². The summed E-state index contributed by atoms with van der Waals surface area (Å²) in [5, 5.41) is 3.29. The minimum atomic E-state index is -0.402. The van der Waals surface area contributed by atoms with Gasteiger partial charge in [-0.3, -0.25) is 0 Å². The lowest BCUT2D eigenvalue weighted by molar-refractivity contribution is 0.352. The van der Waals surface area contributed by atoms with Gasteiger partial charge in [-0.2, -0.15) is 0 Å². The maximum Gasteiger partial charge on any atom is 0.128 e. The van der Waals surface area contributed by atoms with Gasteiger partial charge in [0.15, 0.2) is 0 Å². The quantitative estimate of drug-likeness (QED) is 0.842. The van der Waals surface area contributed by atoms with E-state index in [1.54, 1.807) is 0 Å². The van der Waals surface area contributed by atoms with Crippen LogP contribution in [-0.4, -0.2) is 31.6 Å². The topological polar surface area (TPSA) is 15.3 Å². The van der Waals surface area contributed by atoms with Crippen LogP contribution in [0.3, 0.4) is 0 Å². The Morgan fingerprint density at radius 3 is 2.50 bits per heavy atom. The number of hydrogen-bond acceptors (Lipinski definition) is 2. The van der Waals surface area contributed by atoms with E-state index < -0.39 is 5.82 Å². The Morgan fingerprint density at radius 1 is 1.22 bits per heavy atom. The first-order valence-electron chi connectivity index (χ1n) is 6.26. The van der Waals surface area contributed by atoms with Crippen LogP contribution in [-0.2, 0) is 0 Å². The molecule has 1 aromatic rings. The zero-order valence-corrected chi connectivity index (χ0v) is 11.5. The normalized spacial score (nSPS) is 14.8. The Morgan fingerprint density at radius 2 is 1.89 bits per heavy atom. The maximum atomic E-state index is 13.6. The van der Waals surface area contributed by atoms with Crippen molar-refractivity contribution in [2.75, 3.05) is 20.6 Å². The van der Waals surface area contributed by atoms with E-state index in [9.17, 15) is 8.78 Å². The fourth-order valence-corrected chi connectivity index (χ4v) is 1.90. The molecule has 2 unspecified atom stereocenters. The van der Waals surface area contributed by atoms with Crippen LogP contribution in [0, 0.1) is 11.6 Å². The first-order chi connectivity index (χ1) is 8.40. The average molecular weight is 256 g/mol.